The fourth-order valence-electron chi connectivity index (χ4n) is 7.53. The predicted molar refractivity (Wildman–Crippen MR) is 361 cm³/mol. The summed E-state index contributed by atoms with van der Waals surface area (Å²) in [7, 11) is 0. The Labute approximate surface area is 507 Å². The molecule has 0 aromatic carbocycles. The van der Waals surface area contributed by atoms with Crippen molar-refractivity contribution in [3.8, 4) is 0 Å². The molecule has 0 aromatic heterocycles. The van der Waals surface area contributed by atoms with Crippen LogP contribution in [-0.2, 0) is 28.6 Å². The van der Waals surface area contributed by atoms with Crippen molar-refractivity contribution in [2.24, 2.45) is 0 Å². The first-order valence-corrected chi connectivity index (χ1v) is 31.9. The average molecular weight is 1130 g/mol. The highest BCUT2D eigenvalue weighted by Gasteiger charge is 2.19. The lowest BCUT2D eigenvalue weighted by Crippen LogP contribution is -2.30. The number of unbranched alkanes of at least 4 members (excludes halogenated alkanes) is 6. The van der Waals surface area contributed by atoms with E-state index >= 15 is 0 Å². The van der Waals surface area contributed by atoms with E-state index in [0.29, 0.717) is 19.3 Å². The molecule has 456 valence electrons. The van der Waals surface area contributed by atoms with Gasteiger partial charge in [-0.25, -0.2) is 0 Å². The molecule has 6 heteroatoms. The maximum Gasteiger partial charge on any atom is 0.309 e. The molecular formula is C77H112O6. The van der Waals surface area contributed by atoms with Gasteiger partial charge in [0.15, 0.2) is 6.10 Å². The minimum atomic E-state index is -0.868. The van der Waals surface area contributed by atoms with Crippen LogP contribution in [0.2, 0.25) is 0 Å². The standard InChI is InChI=1S/C77H112O6/c1-4-7-10-13-16-19-22-25-28-30-32-34-36-37-38-39-41-42-44-46-49-52-55-58-61-64-67-70-76(79)82-73-74(72-81-75(78)69-66-63-60-57-54-51-48-27-24-21-18-15-12-9-6-3)83-77(80)71-68-65-62-59-56-53-50-47-45-43-40-35-33-31-29-26-23-20-17-14-11-8-5-2/h7-12,16-21,25-29,32-35,37-38,41-43,45-46,48-50,53-55,57-58,63,66,74H,4-6,13-15,22-24,30-31,36,39-40,44,47,51-52,56,59-62,64-65,67-73H2,1-3H3/b10-7-,11-8-,12-9-,19-16-,20-17-,21-18-,28-25-,29-26-,34-32-,35-33-,38-37-,42-41-,45-43-,48-27-,49-46-,53-50-,57-54-,58-55-,66-63-. The molecule has 0 aromatic rings. The van der Waals surface area contributed by atoms with Gasteiger partial charge in [-0.05, 0) is 161 Å². The summed E-state index contributed by atoms with van der Waals surface area (Å²) in [5.74, 6) is -1.17. The van der Waals surface area contributed by atoms with Crippen LogP contribution in [0.25, 0.3) is 0 Å². The molecule has 0 saturated heterocycles. The summed E-state index contributed by atoms with van der Waals surface area (Å²) in [6.07, 6.45) is 108. The van der Waals surface area contributed by atoms with Crippen LogP contribution in [-0.4, -0.2) is 37.2 Å². The Balaban J connectivity index is 4.64. The Morgan fingerprint density at radius 2 is 0.482 bits per heavy atom. The molecule has 0 heterocycles. The van der Waals surface area contributed by atoms with Crippen LogP contribution in [0.3, 0.4) is 0 Å². The number of ether oxygens (including phenoxy) is 3. The highest BCUT2D eigenvalue weighted by molar-refractivity contribution is 5.72. The molecule has 0 saturated carbocycles. The van der Waals surface area contributed by atoms with E-state index < -0.39 is 12.1 Å². The lowest BCUT2D eigenvalue weighted by Gasteiger charge is -2.18. The number of allylic oxidation sites excluding steroid dienone is 37. The molecule has 0 spiro atoms. The van der Waals surface area contributed by atoms with E-state index in [1.807, 2.05) is 6.08 Å². The molecule has 0 amide bonds. The Hall–Kier alpha value is -6.53. The summed E-state index contributed by atoms with van der Waals surface area (Å²) in [6, 6.07) is 0. The maximum atomic E-state index is 12.9. The van der Waals surface area contributed by atoms with Gasteiger partial charge < -0.3 is 14.2 Å². The van der Waals surface area contributed by atoms with Gasteiger partial charge in [0, 0.05) is 12.8 Å². The number of carbonyl (C=O) groups excluding carboxylic acids is 3. The van der Waals surface area contributed by atoms with Crippen LogP contribution in [0.1, 0.15) is 213 Å². The third kappa shape index (κ3) is 66.2. The third-order valence-electron chi connectivity index (χ3n) is 12.2. The van der Waals surface area contributed by atoms with E-state index in [2.05, 4.69) is 240 Å². The van der Waals surface area contributed by atoms with Crippen LogP contribution < -0.4 is 0 Å². The second kappa shape index (κ2) is 68.0. The van der Waals surface area contributed by atoms with Crippen LogP contribution in [0.15, 0.2) is 231 Å². The van der Waals surface area contributed by atoms with E-state index in [4.69, 9.17) is 14.2 Å². The minimum absolute atomic E-state index is 0.0988. The normalized spacial score (nSPS) is 13.7. The lowest BCUT2D eigenvalue weighted by molar-refractivity contribution is -0.166. The summed E-state index contributed by atoms with van der Waals surface area (Å²) in [5.41, 5.74) is 0. The van der Waals surface area contributed by atoms with Gasteiger partial charge in [-0.15, -0.1) is 0 Å². The SMILES string of the molecule is CC/C=C\C/C=C\C/C=C\C/C=C\C/C=C\C/C=C\C/C=C\C/C=C\CCCCC(=O)OCC(COC(=O)C/C=C\C/C=C\C/C=C\C/C=C\C/C=C\CC)OC(=O)CCCCCC/C=C\C/C=C\C/C=C\C/C=C\C/C=C\C/C=C\CC. The molecule has 0 aliphatic carbocycles. The van der Waals surface area contributed by atoms with E-state index in [0.717, 1.165) is 154 Å². The van der Waals surface area contributed by atoms with E-state index in [9.17, 15) is 14.4 Å². The van der Waals surface area contributed by atoms with Crippen LogP contribution in [0, 0.1) is 0 Å². The monoisotopic (exact) mass is 1130 g/mol. The summed E-state index contributed by atoms with van der Waals surface area (Å²) >= 11 is 0. The Morgan fingerprint density at radius 1 is 0.253 bits per heavy atom. The second-order valence-electron chi connectivity index (χ2n) is 19.8. The Kier molecular flexibility index (Phi) is 62.6. The summed E-state index contributed by atoms with van der Waals surface area (Å²) < 4.78 is 16.7. The van der Waals surface area contributed by atoms with Crippen molar-refractivity contribution in [3.05, 3.63) is 231 Å². The van der Waals surface area contributed by atoms with Crippen LogP contribution in [0.4, 0.5) is 0 Å². The highest BCUT2D eigenvalue weighted by Crippen LogP contribution is 2.11. The van der Waals surface area contributed by atoms with Gasteiger partial charge in [0.1, 0.15) is 13.2 Å². The fourth-order valence-corrected chi connectivity index (χ4v) is 7.53. The summed E-state index contributed by atoms with van der Waals surface area (Å²) in [6.45, 7) is 6.12. The smallest absolute Gasteiger partial charge is 0.309 e. The van der Waals surface area contributed by atoms with E-state index in [1.165, 1.54) is 0 Å². The minimum Gasteiger partial charge on any atom is -0.462 e. The number of esters is 3. The van der Waals surface area contributed by atoms with Crippen molar-refractivity contribution >= 4 is 17.9 Å². The first kappa shape index (κ1) is 76.5. The zero-order valence-corrected chi connectivity index (χ0v) is 52.1. The van der Waals surface area contributed by atoms with Crippen molar-refractivity contribution in [1.29, 1.82) is 0 Å². The van der Waals surface area contributed by atoms with Crippen LogP contribution >= 0.6 is 0 Å². The molecule has 0 bridgehead atoms. The average Bonchev–Trinajstić information content (AvgIpc) is 3.49. The molecule has 0 aliphatic rings. The van der Waals surface area contributed by atoms with Gasteiger partial charge in [-0.1, -0.05) is 265 Å². The largest absolute Gasteiger partial charge is 0.462 e. The molecule has 6 nitrogen and oxygen atoms in total. The highest BCUT2D eigenvalue weighted by atomic mass is 16.6. The van der Waals surface area contributed by atoms with Crippen molar-refractivity contribution in [2.75, 3.05) is 13.2 Å². The molecule has 0 N–H and O–H groups in total. The lowest BCUT2D eigenvalue weighted by atomic mass is 10.1. The molecule has 0 aliphatic heterocycles. The maximum absolute atomic E-state index is 12.9. The fraction of sp³-hybridized carbons (Fsp3) is 0.468. The summed E-state index contributed by atoms with van der Waals surface area (Å²) in [5, 5.41) is 0. The predicted octanol–water partition coefficient (Wildman–Crippen LogP) is 22.3. The van der Waals surface area contributed by atoms with Crippen molar-refractivity contribution in [1.82, 2.24) is 0 Å². The van der Waals surface area contributed by atoms with Crippen molar-refractivity contribution < 1.29 is 28.6 Å². The quantitative estimate of drug-likeness (QED) is 0.0261. The number of hydrogen-bond acceptors (Lipinski definition) is 6. The molecular weight excluding hydrogens is 1020 g/mol. The van der Waals surface area contributed by atoms with Crippen LogP contribution in [0.5, 0.6) is 0 Å². The topological polar surface area (TPSA) is 78.9 Å². The number of rotatable bonds is 54. The molecule has 1 unspecified atom stereocenters. The van der Waals surface area contributed by atoms with Gasteiger partial charge in [0.2, 0.25) is 0 Å². The van der Waals surface area contributed by atoms with E-state index in [-0.39, 0.29) is 44.4 Å². The van der Waals surface area contributed by atoms with Crippen molar-refractivity contribution in [3.63, 3.8) is 0 Å². The second-order valence-corrected chi connectivity index (χ2v) is 19.8. The van der Waals surface area contributed by atoms with E-state index in [1.54, 1.807) is 6.08 Å². The molecule has 0 rings (SSSR count). The Bertz CT molecular complexity index is 2130. The van der Waals surface area contributed by atoms with Gasteiger partial charge in [-0.3, -0.25) is 14.4 Å². The first-order valence-electron chi connectivity index (χ1n) is 31.9. The first-order chi connectivity index (χ1) is 41.0. The van der Waals surface area contributed by atoms with Gasteiger partial charge in [-0.2, -0.15) is 0 Å². The zero-order valence-electron chi connectivity index (χ0n) is 52.1. The number of carbonyl (C=O) groups is 3. The molecule has 83 heavy (non-hydrogen) atoms. The summed E-state index contributed by atoms with van der Waals surface area (Å²) in [4.78, 5) is 38.3. The third-order valence-corrected chi connectivity index (χ3v) is 12.2. The van der Waals surface area contributed by atoms with Gasteiger partial charge in [0.05, 0.1) is 6.42 Å². The molecule has 0 fully saturated rings. The molecule has 1 atom stereocenters. The van der Waals surface area contributed by atoms with Gasteiger partial charge >= 0.3 is 17.9 Å². The zero-order chi connectivity index (χ0) is 59.9. The molecule has 0 radical (unpaired) electrons. The Morgan fingerprint density at radius 3 is 0.795 bits per heavy atom. The number of hydrogen-bond donors (Lipinski definition) is 0. The van der Waals surface area contributed by atoms with Gasteiger partial charge in [0.25, 0.3) is 0 Å². The van der Waals surface area contributed by atoms with Crippen molar-refractivity contribution in [2.45, 2.75) is 219 Å².